The fraction of sp³-hybridized carbons (Fsp3) is 0.571. The molecular weight excluding hydrogens is 276 g/mol. The smallest absolute Gasteiger partial charge is 0.0208 e. The van der Waals surface area contributed by atoms with Crippen LogP contribution in [0.4, 0.5) is 0 Å². The molecule has 0 aromatic heterocycles. The van der Waals surface area contributed by atoms with E-state index in [0.29, 0.717) is 0 Å². The summed E-state index contributed by atoms with van der Waals surface area (Å²) in [7, 11) is 0. The third-order valence-corrected chi connectivity index (χ3v) is 3.95. The number of piperidine rings is 1. The molecule has 0 amide bonds. The molecule has 0 aliphatic carbocycles. The van der Waals surface area contributed by atoms with Gasteiger partial charge in [-0.05, 0) is 68.6 Å². The second kappa shape index (κ2) is 6.53. The van der Waals surface area contributed by atoms with Gasteiger partial charge in [0.25, 0.3) is 0 Å². The van der Waals surface area contributed by atoms with Crippen LogP contribution in [-0.2, 0) is 6.54 Å². The molecule has 0 spiro atoms. The molecule has 1 aromatic rings. The number of rotatable bonds is 4. The van der Waals surface area contributed by atoms with Crippen LogP contribution in [0.25, 0.3) is 0 Å². The SMILES string of the molecule is Cc1ccc(Br)cc1CNCC1CCCNC1. The summed E-state index contributed by atoms with van der Waals surface area (Å²) in [5.74, 6) is 0.802. The molecule has 17 heavy (non-hydrogen) atoms. The third kappa shape index (κ3) is 4.09. The Morgan fingerprint density at radius 3 is 3.12 bits per heavy atom. The van der Waals surface area contributed by atoms with Crippen LogP contribution in [-0.4, -0.2) is 19.6 Å². The van der Waals surface area contributed by atoms with Crippen molar-refractivity contribution in [3.63, 3.8) is 0 Å². The fourth-order valence-corrected chi connectivity index (χ4v) is 2.75. The van der Waals surface area contributed by atoms with Crippen LogP contribution in [0.2, 0.25) is 0 Å². The van der Waals surface area contributed by atoms with Gasteiger partial charge in [-0.25, -0.2) is 0 Å². The lowest BCUT2D eigenvalue weighted by molar-refractivity contribution is 0.360. The van der Waals surface area contributed by atoms with Gasteiger partial charge in [-0.15, -0.1) is 0 Å². The fourth-order valence-electron chi connectivity index (χ4n) is 2.34. The first-order chi connectivity index (χ1) is 8.25. The molecule has 1 aliphatic heterocycles. The van der Waals surface area contributed by atoms with E-state index in [1.54, 1.807) is 0 Å². The molecule has 1 heterocycles. The van der Waals surface area contributed by atoms with Crippen LogP contribution in [0, 0.1) is 12.8 Å². The quantitative estimate of drug-likeness (QED) is 0.893. The molecule has 1 atom stereocenters. The first-order valence-electron chi connectivity index (χ1n) is 6.42. The van der Waals surface area contributed by atoms with E-state index in [0.717, 1.165) is 19.0 Å². The number of halogens is 1. The predicted molar refractivity (Wildman–Crippen MR) is 76.2 cm³/mol. The first kappa shape index (κ1) is 13.1. The molecule has 0 bridgehead atoms. The van der Waals surface area contributed by atoms with E-state index in [1.165, 1.54) is 41.5 Å². The predicted octanol–water partition coefficient (Wildman–Crippen LogP) is 2.85. The highest BCUT2D eigenvalue weighted by Gasteiger charge is 2.12. The van der Waals surface area contributed by atoms with Crippen molar-refractivity contribution < 1.29 is 0 Å². The molecule has 1 aliphatic rings. The van der Waals surface area contributed by atoms with Gasteiger partial charge in [0.1, 0.15) is 0 Å². The van der Waals surface area contributed by atoms with Gasteiger partial charge >= 0.3 is 0 Å². The van der Waals surface area contributed by atoms with E-state index >= 15 is 0 Å². The third-order valence-electron chi connectivity index (χ3n) is 3.46. The second-order valence-corrected chi connectivity index (χ2v) is 5.83. The highest BCUT2D eigenvalue weighted by Crippen LogP contribution is 2.16. The molecule has 1 unspecified atom stereocenters. The maximum Gasteiger partial charge on any atom is 0.0208 e. The summed E-state index contributed by atoms with van der Waals surface area (Å²) in [6.45, 7) is 6.64. The van der Waals surface area contributed by atoms with Crippen molar-refractivity contribution in [1.29, 1.82) is 0 Å². The summed E-state index contributed by atoms with van der Waals surface area (Å²) in [6.07, 6.45) is 2.68. The lowest BCUT2D eigenvalue weighted by atomic mass is 9.99. The molecular formula is C14H21BrN2. The van der Waals surface area contributed by atoms with Crippen LogP contribution < -0.4 is 10.6 Å². The second-order valence-electron chi connectivity index (χ2n) is 4.91. The number of benzene rings is 1. The zero-order valence-corrected chi connectivity index (χ0v) is 12.0. The maximum atomic E-state index is 3.58. The number of nitrogens with one attached hydrogen (secondary N) is 2. The number of hydrogen-bond donors (Lipinski definition) is 2. The highest BCUT2D eigenvalue weighted by molar-refractivity contribution is 9.10. The normalized spacial score (nSPS) is 20.5. The Morgan fingerprint density at radius 1 is 1.47 bits per heavy atom. The van der Waals surface area contributed by atoms with Crippen molar-refractivity contribution in [1.82, 2.24) is 10.6 Å². The van der Waals surface area contributed by atoms with Crippen molar-refractivity contribution in [3.05, 3.63) is 33.8 Å². The topological polar surface area (TPSA) is 24.1 Å². The summed E-state index contributed by atoms with van der Waals surface area (Å²) in [4.78, 5) is 0. The molecule has 2 nitrogen and oxygen atoms in total. The van der Waals surface area contributed by atoms with Crippen molar-refractivity contribution in [2.24, 2.45) is 5.92 Å². The standard InChI is InChI=1S/C14H21BrN2/c1-11-4-5-14(15)7-13(11)10-17-9-12-3-2-6-16-8-12/h4-5,7,12,16-17H,2-3,6,8-10H2,1H3. The van der Waals surface area contributed by atoms with Crippen molar-refractivity contribution in [2.75, 3.05) is 19.6 Å². The van der Waals surface area contributed by atoms with Gasteiger partial charge in [-0.2, -0.15) is 0 Å². The summed E-state index contributed by atoms with van der Waals surface area (Å²) < 4.78 is 1.17. The van der Waals surface area contributed by atoms with E-state index < -0.39 is 0 Å². The summed E-state index contributed by atoms with van der Waals surface area (Å²) in [5.41, 5.74) is 2.76. The lowest BCUT2D eigenvalue weighted by Crippen LogP contribution is -2.35. The Kier molecular flexibility index (Phi) is 5.01. The lowest BCUT2D eigenvalue weighted by Gasteiger charge is -2.23. The minimum atomic E-state index is 0.802. The minimum Gasteiger partial charge on any atom is -0.316 e. The largest absolute Gasteiger partial charge is 0.316 e. The Labute approximate surface area is 112 Å². The molecule has 2 N–H and O–H groups in total. The molecule has 3 heteroatoms. The Morgan fingerprint density at radius 2 is 2.35 bits per heavy atom. The van der Waals surface area contributed by atoms with Gasteiger partial charge in [-0.3, -0.25) is 0 Å². The van der Waals surface area contributed by atoms with Crippen molar-refractivity contribution in [3.8, 4) is 0 Å². The van der Waals surface area contributed by atoms with E-state index in [9.17, 15) is 0 Å². The van der Waals surface area contributed by atoms with E-state index in [2.05, 4.69) is 51.7 Å². The highest BCUT2D eigenvalue weighted by atomic mass is 79.9. The number of hydrogen-bond acceptors (Lipinski definition) is 2. The Balaban J connectivity index is 1.79. The van der Waals surface area contributed by atoms with Gasteiger partial charge in [0.05, 0.1) is 0 Å². The van der Waals surface area contributed by atoms with Crippen LogP contribution in [0.5, 0.6) is 0 Å². The molecule has 1 saturated heterocycles. The molecule has 1 aromatic carbocycles. The molecule has 1 fully saturated rings. The average molecular weight is 297 g/mol. The van der Waals surface area contributed by atoms with Crippen molar-refractivity contribution >= 4 is 15.9 Å². The van der Waals surface area contributed by atoms with Crippen LogP contribution in [0.15, 0.2) is 22.7 Å². The molecule has 0 saturated carbocycles. The molecule has 94 valence electrons. The zero-order valence-electron chi connectivity index (χ0n) is 10.4. The van der Waals surface area contributed by atoms with Crippen LogP contribution >= 0.6 is 15.9 Å². The van der Waals surface area contributed by atoms with E-state index in [-0.39, 0.29) is 0 Å². The zero-order chi connectivity index (χ0) is 12.1. The number of aryl methyl sites for hydroxylation is 1. The molecule has 0 radical (unpaired) electrons. The van der Waals surface area contributed by atoms with Gasteiger partial charge < -0.3 is 10.6 Å². The van der Waals surface area contributed by atoms with Crippen LogP contribution in [0.3, 0.4) is 0 Å². The molecule has 2 rings (SSSR count). The summed E-state index contributed by atoms with van der Waals surface area (Å²) >= 11 is 3.53. The van der Waals surface area contributed by atoms with Gasteiger partial charge in [-0.1, -0.05) is 22.0 Å². The summed E-state index contributed by atoms with van der Waals surface area (Å²) in [6, 6.07) is 6.48. The monoisotopic (exact) mass is 296 g/mol. The average Bonchev–Trinajstić information content (AvgIpc) is 2.35. The van der Waals surface area contributed by atoms with E-state index in [4.69, 9.17) is 0 Å². The van der Waals surface area contributed by atoms with Gasteiger partial charge in [0.2, 0.25) is 0 Å². The first-order valence-corrected chi connectivity index (χ1v) is 7.21. The summed E-state index contributed by atoms with van der Waals surface area (Å²) in [5, 5.41) is 7.04. The Bertz CT molecular complexity index is 359. The van der Waals surface area contributed by atoms with Crippen molar-refractivity contribution in [2.45, 2.75) is 26.3 Å². The van der Waals surface area contributed by atoms with Gasteiger partial charge in [0, 0.05) is 11.0 Å². The van der Waals surface area contributed by atoms with E-state index in [1.807, 2.05) is 0 Å². The van der Waals surface area contributed by atoms with Crippen LogP contribution in [0.1, 0.15) is 24.0 Å². The maximum absolute atomic E-state index is 3.58. The Hall–Kier alpha value is -0.380. The minimum absolute atomic E-state index is 0.802. The van der Waals surface area contributed by atoms with Gasteiger partial charge in [0.15, 0.2) is 0 Å².